The Hall–Kier alpha value is -2.30. The highest BCUT2D eigenvalue weighted by molar-refractivity contribution is 9.10. The first-order chi connectivity index (χ1) is 15.7. The van der Waals surface area contributed by atoms with Gasteiger partial charge in [0.15, 0.2) is 11.5 Å². The van der Waals surface area contributed by atoms with Crippen molar-refractivity contribution in [3.05, 3.63) is 46.4 Å². The summed E-state index contributed by atoms with van der Waals surface area (Å²) in [4.78, 5) is 15.0. The van der Waals surface area contributed by atoms with E-state index in [-0.39, 0.29) is 16.7 Å². The molecule has 0 saturated carbocycles. The first-order valence-electron chi connectivity index (χ1n) is 10.5. The van der Waals surface area contributed by atoms with Gasteiger partial charge in [0.2, 0.25) is 21.7 Å². The topological polar surface area (TPSA) is 85.4 Å². The molecule has 0 radical (unpaired) electrons. The number of piperidine rings is 1. The molecule has 1 fully saturated rings. The van der Waals surface area contributed by atoms with Crippen molar-refractivity contribution in [3.8, 4) is 17.2 Å². The lowest BCUT2D eigenvalue weighted by molar-refractivity contribution is -0.135. The van der Waals surface area contributed by atoms with E-state index in [9.17, 15) is 13.2 Å². The number of benzene rings is 2. The Morgan fingerprint density at radius 2 is 1.58 bits per heavy atom. The van der Waals surface area contributed by atoms with Crippen LogP contribution < -0.4 is 14.2 Å². The lowest BCUT2D eigenvalue weighted by atomic mass is 9.96. The Morgan fingerprint density at radius 3 is 2.06 bits per heavy atom. The highest BCUT2D eigenvalue weighted by atomic mass is 79.9. The maximum Gasteiger partial charge on any atom is 0.243 e. The highest BCUT2D eigenvalue weighted by Gasteiger charge is 2.33. The normalized spacial score (nSPS) is 15.2. The molecule has 2 aromatic carbocycles. The van der Waals surface area contributed by atoms with Crippen molar-refractivity contribution in [1.82, 2.24) is 9.21 Å². The monoisotopic (exact) mass is 540 g/mol. The number of carbonyl (C=O) groups excluding carboxylic acids is 1. The van der Waals surface area contributed by atoms with Crippen LogP contribution in [-0.2, 0) is 21.4 Å². The van der Waals surface area contributed by atoms with Gasteiger partial charge in [0.05, 0.1) is 26.2 Å². The molecule has 33 heavy (non-hydrogen) atoms. The first kappa shape index (κ1) is 25.3. The number of halogens is 1. The third-order valence-electron chi connectivity index (χ3n) is 5.78. The molecule has 1 aliphatic rings. The van der Waals surface area contributed by atoms with Gasteiger partial charge in [-0.1, -0.05) is 15.9 Å². The summed E-state index contributed by atoms with van der Waals surface area (Å²) in [6, 6.07) is 10.2. The van der Waals surface area contributed by atoms with Crippen LogP contribution >= 0.6 is 15.9 Å². The fraction of sp³-hybridized carbons (Fsp3) is 0.435. The fourth-order valence-corrected chi connectivity index (χ4v) is 5.72. The van der Waals surface area contributed by atoms with E-state index in [2.05, 4.69) is 15.9 Å². The van der Waals surface area contributed by atoms with Crippen LogP contribution in [0.5, 0.6) is 17.2 Å². The molecule has 1 aliphatic heterocycles. The Labute approximate surface area is 203 Å². The largest absolute Gasteiger partial charge is 0.493 e. The molecule has 0 bridgehead atoms. The number of methoxy groups -OCH3 is 3. The second kappa shape index (κ2) is 10.8. The zero-order valence-corrected chi connectivity index (χ0v) is 21.6. The van der Waals surface area contributed by atoms with Crippen molar-refractivity contribution in [1.29, 1.82) is 0 Å². The first-order valence-corrected chi connectivity index (χ1v) is 12.7. The van der Waals surface area contributed by atoms with Crippen molar-refractivity contribution >= 4 is 31.9 Å². The summed E-state index contributed by atoms with van der Waals surface area (Å²) in [6.45, 7) is 0.993. The number of amides is 1. The molecule has 1 amide bonds. The average molecular weight is 541 g/mol. The molecule has 2 aromatic rings. The predicted molar refractivity (Wildman–Crippen MR) is 128 cm³/mol. The SMILES string of the molecule is COc1cc(CN(C)C(=O)C2CCN(S(=O)(=O)c3ccc(Br)cc3)CC2)cc(OC)c1OC. The van der Waals surface area contributed by atoms with E-state index in [0.717, 1.165) is 10.0 Å². The van der Waals surface area contributed by atoms with Gasteiger partial charge in [-0.2, -0.15) is 4.31 Å². The van der Waals surface area contributed by atoms with Crippen molar-refractivity contribution < 1.29 is 27.4 Å². The maximum absolute atomic E-state index is 13.1. The minimum atomic E-state index is -3.57. The van der Waals surface area contributed by atoms with Gasteiger partial charge in [-0.05, 0) is 54.8 Å². The highest BCUT2D eigenvalue weighted by Crippen LogP contribution is 2.38. The van der Waals surface area contributed by atoms with Crippen LogP contribution in [0.4, 0.5) is 0 Å². The van der Waals surface area contributed by atoms with Crippen LogP contribution in [0.2, 0.25) is 0 Å². The third kappa shape index (κ3) is 5.62. The molecule has 1 saturated heterocycles. The van der Waals surface area contributed by atoms with Crippen molar-refractivity contribution in [2.75, 3.05) is 41.5 Å². The average Bonchev–Trinajstić information content (AvgIpc) is 2.83. The van der Waals surface area contributed by atoms with E-state index in [1.807, 2.05) is 12.1 Å². The van der Waals surface area contributed by atoms with E-state index in [0.29, 0.717) is 49.7 Å². The fourth-order valence-electron chi connectivity index (χ4n) is 3.99. The maximum atomic E-state index is 13.1. The number of rotatable bonds is 8. The zero-order valence-electron chi connectivity index (χ0n) is 19.2. The van der Waals surface area contributed by atoms with E-state index in [4.69, 9.17) is 14.2 Å². The lowest BCUT2D eigenvalue weighted by Gasteiger charge is -2.32. The van der Waals surface area contributed by atoms with Crippen molar-refractivity contribution in [2.45, 2.75) is 24.3 Å². The Balaban J connectivity index is 1.64. The van der Waals surface area contributed by atoms with Crippen LogP contribution in [0, 0.1) is 5.92 Å². The number of hydrogen-bond acceptors (Lipinski definition) is 6. The molecule has 0 N–H and O–H groups in total. The molecule has 1 heterocycles. The summed E-state index contributed by atoms with van der Waals surface area (Å²) in [5.41, 5.74) is 0.843. The Morgan fingerprint density at radius 1 is 1.03 bits per heavy atom. The molecule has 0 unspecified atom stereocenters. The van der Waals surface area contributed by atoms with Crippen LogP contribution in [0.25, 0.3) is 0 Å². The summed E-state index contributed by atoms with van der Waals surface area (Å²) < 4.78 is 44.2. The minimum absolute atomic E-state index is 0.00978. The summed E-state index contributed by atoms with van der Waals surface area (Å²) in [6.07, 6.45) is 0.961. The van der Waals surface area contributed by atoms with Gasteiger partial charge >= 0.3 is 0 Å². The van der Waals surface area contributed by atoms with Gasteiger partial charge < -0.3 is 19.1 Å². The van der Waals surface area contributed by atoms with Crippen LogP contribution in [-0.4, -0.2) is 65.0 Å². The zero-order chi connectivity index (χ0) is 24.2. The van der Waals surface area contributed by atoms with Crippen molar-refractivity contribution in [3.63, 3.8) is 0 Å². The molecule has 0 aromatic heterocycles. The molecule has 0 atom stereocenters. The molecular formula is C23H29BrN2O6S. The summed E-state index contributed by atoms with van der Waals surface area (Å²) in [5.74, 6) is 1.31. The molecule has 0 spiro atoms. The standard InChI is InChI=1S/C23H29BrN2O6S/c1-25(15-16-13-20(30-2)22(32-4)21(14-16)31-3)23(27)17-9-11-26(12-10-17)33(28,29)19-7-5-18(24)6-8-19/h5-8,13-14,17H,9-12,15H2,1-4H3. The van der Waals surface area contributed by atoms with Gasteiger partial charge in [-0.25, -0.2) is 8.42 Å². The van der Waals surface area contributed by atoms with Crippen LogP contribution in [0.3, 0.4) is 0 Å². The molecule has 0 aliphatic carbocycles. The van der Waals surface area contributed by atoms with E-state index < -0.39 is 10.0 Å². The number of hydrogen-bond donors (Lipinski definition) is 0. The number of sulfonamides is 1. The van der Waals surface area contributed by atoms with Crippen LogP contribution in [0.15, 0.2) is 45.8 Å². The smallest absolute Gasteiger partial charge is 0.243 e. The third-order valence-corrected chi connectivity index (χ3v) is 8.22. The molecule has 8 nitrogen and oxygen atoms in total. The minimum Gasteiger partial charge on any atom is -0.493 e. The summed E-state index contributed by atoms with van der Waals surface area (Å²) in [5, 5.41) is 0. The second-order valence-electron chi connectivity index (χ2n) is 7.86. The van der Waals surface area contributed by atoms with Gasteiger partial charge in [0, 0.05) is 37.1 Å². The van der Waals surface area contributed by atoms with Crippen molar-refractivity contribution in [2.24, 2.45) is 5.92 Å². The Bertz CT molecular complexity index is 1060. The quantitative estimate of drug-likeness (QED) is 0.509. The number of carbonyl (C=O) groups is 1. The van der Waals surface area contributed by atoms with Gasteiger partial charge in [-0.3, -0.25) is 4.79 Å². The second-order valence-corrected chi connectivity index (χ2v) is 10.7. The van der Waals surface area contributed by atoms with Gasteiger partial charge in [0.25, 0.3) is 0 Å². The van der Waals surface area contributed by atoms with Gasteiger partial charge in [0.1, 0.15) is 0 Å². The van der Waals surface area contributed by atoms with E-state index >= 15 is 0 Å². The molecule has 10 heteroatoms. The molecule has 180 valence electrons. The molecule has 3 rings (SSSR count). The number of ether oxygens (including phenoxy) is 3. The van der Waals surface area contributed by atoms with E-state index in [1.54, 1.807) is 57.5 Å². The number of nitrogens with zero attached hydrogens (tertiary/aromatic N) is 2. The summed E-state index contributed by atoms with van der Waals surface area (Å²) in [7, 11) is 2.81. The van der Waals surface area contributed by atoms with Crippen LogP contribution in [0.1, 0.15) is 18.4 Å². The predicted octanol–water partition coefficient (Wildman–Crippen LogP) is 3.53. The molecular weight excluding hydrogens is 512 g/mol. The Kier molecular flexibility index (Phi) is 8.25. The van der Waals surface area contributed by atoms with Gasteiger partial charge in [-0.15, -0.1) is 0 Å². The summed E-state index contributed by atoms with van der Waals surface area (Å²) >= 11 is 3.32. The van der Waals surface area contributed by atoms with E-state index in [1.165, 1.54) is 4.31 Å². The lowest BCUT2D eigenvalue weighted by Crippen LogP contribution is -2.43.